The first-order chi connectivity index (χ1) is 19.2. The van der Waals surface area contributed by atoms with Gasteiger partial charge in [-0.05, 0) is 12.8 Å². The predicted octanol–water partition coefficient (Wildman–Crippen LogP) is 10.7. The Morgan fingerprint density at radius 3 is 0.872 bits per heavy atom. The monoisotopic (exact) mass is 569 g/mol. The quantitative estimate of drug-likeness (QED) is 0.0341. The summed E-state index contributed by atoms with van der Waals surface area (Å²) in [5, 5.41) is 0. The Balaban J connectivity index is 3.14. The number of nitrogens with zero attached hydrogens (tertiary/aromatic N) is 1. The van der Waals surface area contributed by atoms with Crippen LogP contribution in [0.3, 0.4) is 0 Å². The molecule has 0 aromatic carbocycles. The van der Waals surface area contributed by atoms with Crippen molar-refractivity contribution in [3.8, 4) is 0 Å². The lowest BCUT2D eigenvalue weighted by atomic mass is 10.0. The number of carbonyl (C=O) groups excluding carboxylic acids is 1. The van der Waals surface area contributed by atoms with Crippen molar-refractivity contribution in [3.05, 3.63) is 0 Å². The zero-order valence-corrected chi connectivity index (χ0v) is 27.6. The molecule has 0 radical (unpaired) electrons. The lowest BCUT2D eigenvalue weighted by molar-refractivity contribution is 0.122. The van der Waals surface area contributed by atoms with Crippen molar-refractivity contribution in [2.75, 3.05) is 27.9 Å². The van der Waals surface area contributed by atoms with Gasteiger partial charge >= 0.3 is 8.80 Å². The molecule has 0 aliphatic carbocycles. The molecule has 0 amide bonds. The van der Waals surface area contributed by atoms with Gasteiger partial charge in [0.25, 0.3) is 0 Å². The van der Waals surface area contributed by atoms with Crippen molar-refractivity contribution in [3.63, 3.8) is 0 Å². The molecule has 0 heterocycles. The van der Waals surface area contributed by atoms with Crippen LogP contribution < -0.4 is 0 Å². The molecule has 0 rings (SSSR count). The van der Waals surface area contributed by atoms with E-state index in [0.717, 1.165) is 18.9 Å². The molecule has 0 aromatic heterocycles. The van der Waals surface area contributed by atoms with E-state index in [-0.39, 0.29) is 0 Å². The molecule has 6 heteroatoms. The standard InChI is InChI=1S/C33H67NO4Si/c1-36-39(37-2,38-3)32-30-28-26-24-22-20-18-16-14-12-10-8-6-4-5-7-9-11-13-15-17-19-21-23-25-27-29-31-34-33-35/h4-32H2,1-3H3. The molecule has 0 aliphatic heterocycles. The summed E-state index contributed by atoms with van der Waals surface area (Å²) < 4.78 is 16.5. The second kappa shape index (κ2) is 32.0. The van der Waals surface area contributed by atoms with Gasteiger partial charge in [-0.1, -0.05) is 161 Å². The maximum atomic E-state index is 9.99. The third-order valence-corrected chi connectivity index (χ3v) is 11.1. The number of rotatable bonds is 33. The van der Waals surface area contributed by atoms with Gasteiger partial charge in [0.15, 0.2) is 0 Å². The van der Waals surface area contributed by atoms with Gasteiger partial charge in [0.1, 0.15) is 0 Å². The summed E-state index contributed by atoms with van der Waals surface area (Å²) >= 11 is 0. The molecule has 0 N–H and O–H groups in total. The maximum absolute atomic E-state index is 9.99. The van der Waals surface area contributed by atoms with Gasteiger partial charge in [0.2, 0.25) is 6.08 Å². The fourth-order valence-corrected chi connectivity index (χ4v) is 7.35. The number of hydrogen-bond acceptors (Lipinski definition) is 5. The number of isocyanates is 1. The molecular formula is C33H67NO4Si. The third kappa shape index (κ3) is 27.4. The smallest absolute Gasteiger partial charge is 0.377 e. The van der Waals surface area contributed by atoms with E-state index in [0.29, 0.717) is 6.54 Å². The molecule has 0 aliphatic rings. The van der Waals surface area contributed by atoms with Gasteiger partial charge in [-0.25, -0.2) is 9.79 Å². The van der Waals surface area contributed by atoms with Crippen LogP contribution in [0.15, 0.2) is 4.99 Å². The number of unbranched alkanes of at least 4 members (excludes halogenated alkanes) is 26. The second-order valence-corrected chi connectivity index (χ2v) is 14.7. The van der Waals surface area contributed by atoms with Crippen LogP contribution in [-0.4, -0.2) is 42.8 Å². The van der Waals surface area contributed by atoms with Crippen LogP contribution in [0.25, 0.3) is 0 Å². The van der Waals surface area contributed by atoms with Crippen LogP contribution in [0.2, 0.25) is 6.04 Å². The lowest BCUT2D eigenvalue weighted by Gasteiger charge is -2.24. The Bertz CT molecular complexity index is 516. The Morgan fingerprint density at radius 2 is 0.641 bits per heavy atom. The Morgan fingerprint density at radius 1 is 0.410 bits per heavy atom. The van der Waals surface area contributed by atoms with Gasteiger partial charge in [-0.2, -0.15) is 0 Å². The molecule has 0 spiro atoms. The van der Waals surface area contributed by atoms with Crippen molar-refractivity contribution in [2.45, 2.75) is 179 Å². The van der Waals surface area contributed by atoms with Gasteiger partial charge in [0.05, 0.1) is 6.54 Å². The van der Waals surface area contributed by atoms with E-state index in [9.17, 15) is 4.79 Å². The average Bonchev–Trinajstić information content (AvgIpc) is 2.96. The minimum absolute atomic E-state index is 0.663. The lowest BCUT2D eigenvalue weighted by Crippen LogP contribution is -2.42. The molecule has 5 nitrogen and oxygen atoms in total. The molecule has 0 fully saturated rings. The number of aliphatic imine (C=N–C) groups is 1. The fourth-order valence-electron chi connectivity index (χ4n) is 5.55. The summed E-state index contributed by atoms with van der Waals surface area (Å²) in [4.78, 5) is 13.6. The van der Waals surface area contributed by atoms with Crippen LogP contribution in [-0.2, 0) is 18.1 Å². The fraction of sp³-hybridized carbons (Fsp3) is 0.970. The third-order valence-electron chi connectivity index (χ3n) is 8.25. The average molecular weight is 570 g/mol. The van der Waals surface area contributed by atoms with Crippen LogP contribution in [0, 0.1) is 0 Å². The van der Waals surface area contributed by atoms with Crippen molar-refractivity contribution in [1.82, 2.24) is 0 Å². The zero-order valence-electron chi connectivity index (χ0n) is 26.6. The summed E-state index contributed by atoms with van der Waals surface area (Å²) in [6.45, 7) is 0.663. The molecule has 0 bridgehead atoms. The Labute approximate surface area is 245 Å². The van der Waals surface area contributed by atoms with Gasteiger partial charge in [-0.15, -0.1) is 0 Å². The van der Waals surface area contributed by atoms with Gasteiger partial charge in [0, 0.05) is 27.4 Å². The predicted molar refractivity (Wildman–Crippen MR) is 169 cm³/mol. The second-order valence-electron chi connectivity index (χ2n) is 11.6. The largest absolute Gasteiger partial charge is 0.500 e. The molecule has 39 heavy (non-hydrogen) atoms. The molecule has 0 saturated heterocycles. The minimum Gasteiger partial charge on any atom is -0.377 e. The first-order valence-electron chi connectivity index (χ1n) is 16.9. The van der Waals surface area contributed by atoms with Crippen molar-refractivity contribution < 1.29 is 18.1 Å². The van der Waals surface area contributed by atoms with Crippen molar-refractivity contribution in [2.24, 2.45) is 4.99 Å². The first kappa shape index (κ1) is 38.5. The highest BCUT2D eigenvalue weighted by Crippen LogP contribution is 2.19. The zero-order chi connectivity index (χ0) is 28.5. The van der Waals surface area contributed by atoms with Crippen LogP contribution in [0.4, 0.5) is 0 Å². The highest BCUT2D eigenvalue weighted by Gasteiger charge is 2.36. The summed E-state index contributed by atoms with van der Waals surface area (Å²) in [5.74, 6) is 0. The summed E-state index contributed by atoms with van der Waals surface area (Å²) in [7, 11) is 2.76. The normalized spacial score (nSPS) is 11.7. The van der Waals surface area contributed by atoms with Gasteiger partial charge in [-0.3, -0.25) is 0 Å². The van der Waals surface area contributed by atoms with E-state index in [1.165, 1.54) is 161 Å². The van der Waals surface area contributed by atoms with E-state index in [2.05, 4.69) is 4.99 Å². The summed E-state index contributed by atoms with van der Waals surface area (Å²) in [5.41, 5.74) is 0. The van der Waals surface area contributed by atoms with Crippen LogP contribution >= 0.6 is 0 Å². The first-order valence-corrected chi connectivity index (χ1v) is 18.9. The highest BCUT2D eigenvalue weighted by atomic mass is 28.4. The minimum atomic E-state index is -2.35. The van der Waals surface area contributed by atoms with E-state index in [1.54, 1.807) is 27.4 Å². The molecule has 0 unspecified atom stereocenters. The highest BCUT2D eigenvalue weighted by molar-refractivity contribution is 6.60. The Hall–Kier alpha value is -0.523. The van der Waals surface area contributed by atoms with Crippen molar-refractivity contribution in [1.29, 1.82) is 0 Å². The SMILES string of the molecule is CO[Si](CCCCCCCCCCCCCCCCCCCCCCCCCCCCCN=C=O)(OC)OC. The van der Waals surface area contributed by atoms with Crippen molar-refractivity contribution >= 4 is 14.9 Å². The van der Waals surface area contributed by atoms with E-state index in [1.807, 2.05) is 0 Å². The van der Waals surface area contributed by atoms with E-state index in [4.69, 9.17) is 13.3 Å². The molecule has 0 aromatic rings. The van der Waals surface area contributed by atoms with E-state index >= 15 is 0 Å². The van der Waals surface area contributed by atoms with Crippen LogP contribution in [0.5, 0.6) is 0 Å². The molecule has 232 valence electrons. The summed E-state index contributed by atoms with van der Waals surface area (Å²) in [6, 6.07) is 0.933. The maximum Gasteiger partial charge on any atom is 0.500 e. The molecule has 0 atom stereocenters. The number of hydrogen-bond donors (Lipinski definition) is 0. The van der Waals surface area contributed by atoms with E-state index < -0.39 is 8.80 Å². The Kier molecular flexibility index (Phi) is 31.6. The topological polar surface area (TPSA) is 57.1 Å². The van der Waals surface area contributed by atoms with Gasteiger partial charge < -0.3 is 13.3 Å². The molecule has 0 saturated carbocycles. The summed E-state index contributed by atoms with van der Waals surface area (Å²) in [6.07, 6.45) is 38.8. The van der Waals surface area contributed by atoms with Crippen LogP contribution in [0.1, 0.15) is 173 Å². The molecular weight excluding hydrogens is 502 g/mol.